The summed E-state index contributed by atoms with van der Waals surface area (Å²) >= 11 is 5.86. The zero-order valence-electron chi connectivity index (χ0n) is 7.68. The van der Waals surface area contributed by atoms with Crippen LogP contribution in [0.3, 0.4) is 0 Å². The molecule has 1 aromatic heterocycles. The summed E-state index contributed by atoms with van der Waals surface area (Å²) in [5.41, 5.74) is 0. The van der Waals surface area contributed by atoms with Crippen molar-refractivity contribution < 1.29 is 0 Å². The predicted octanol–water partition coefficient (Wildman–Crippen LogP) is 1.40. The lowest BCUT2D eigenvalue weighted by Gasteiger charge is -1.98. The maximum absolute atomic E-state index is 4.16. The smallest absolute Gasteiger partial charge is 0.209 e. The van der Waals surface area contributed by atoms with Gasteiger partial charge in [-0.3, -0.25) is 0 Å². The van der Waals surface area contributed by atoms with E-state index in [1.807, 2.05) is 7.05 Å². The van der Waals surface area contributed by atoms with Gasteiger partial charge >= 0.3 is 0 Å². The number of aromatic nitrogens is 4. The Kier molecular flexibility index (Phi) is 5.22. The quantitative estimate of drug-likeness (QED) is 0.445. The molecule has 0 saturated carbocycles. The molecule has 0 atom stereocenters. The Balaban J connectivity index is 2.10. The second-order valence-corrected chi connectivity index (χ2v) is 4.23. The first-order chi connectivity index (χ1) is 6.34. The highest BCUT2D eigenvalue weighted by atomic mass is 32.2. The van der Waals surface area contributed by atoms with Crippen LogP contribution in [-0.4, -0.2) is 31.7 Å². The predicted molar refractivity (Wildman–Crippen MR) is 57.2 cm³/mol. The Labute approximate surface area is 87.9 Å². The molecule has 0 spiro atoms. The molecule has 0 aliphatic carbocycles. The first-order valence-corrected chi connectivity index (χ1v) is 5.92. The van der Waals surface area contributed by atoms with Gasteiger partial charge in [0.2, 0.25) is 5.16 Å². The molecule has 13 heavy (non-hydrogen) atoms. The molecule has 0 amide bonds. The average Bonchev–Trinajstić information content (AvgIpc) is 2.52. The normalized spacial score (nSPS) is 10.6. The van der Waals surface area contributed by atoms with Gasteiger partial charge in [0.05, 0.1) is 0 Å². The zero-order valence-corrected chi connectivity index (χ0v) is 9.39. The minimum absolute atomic E-state index is 0.894. The molecule has 0 aliphatic rings. The van der Waals surface area contributed by atoms with Gasteiger partial charge in [0.25, 0.3) is 0 Å². The van der Waals surface area contributed by atoms with Crippen LogP contribution >= 0.6 is 24.4 Å². The highest BCUT2D eigenvalue weighted by molar-refractivity contribution is 7.99. The molecule has 0 unspecified atom stereocenters. The van der Waals surface area contributed by atoms with Crippen LogP contribution in [0.5, 0.6) is 0 Å². The fourth-order valence-corrected chi connectivity index (χ4v) is 1.97. The van der Waals surface area contributed by atoms with Crippen LogP contribution in [0.1, 0.15) is 19.3 Å². The van der Waals surface area contributed by atoms with Crippen molar-refractivity contribution in [2.24, 2.45) is 7.05 Å². The number of aryl methyl sites for hydroxylation is 1. The van der Waals surface area contributed by atoms with Crippen molar-refractivity contribution in [3.8, 4) is 0 Å². The van der Waals surface area contributed by atoms with E-state index in [2.05, 4.69) is 28.2 Å². The van der Waals surface area contributed by atoms with Gasteiger partial charge in [-0.1, -0.05) is 18.2 Å². The van der Waals surface area contributed by atoms with Gasteiger partial charge < -0.3 is 0 Å². The first-order valence-electron chi connectivity index (χ1n) is 4.30. The van der Waals surface area contributed by atoms with Crippen molar-refractivity contribution in [1.29, 1.82) is 0 Å². The van der Waals surface area contributed by atoms with Gasteiger partial charge in [0.15, 0.2) is 0 Å². The van der Waals surface area contributed by atoms with Crippen LogP contribution in [0.2, 0.25) is 0 Å². The lowest BCUT2D eigenvalue weighted by molar-refractivity contribution is 0.664. The molecule has 1 rings (SSSR count). The van der Waals surface area contributed by atoms with Gasteiger partial charge in [-0.15, -0.1) is 5.10 Å². The average molecular weight is 218 g/mol. The number of tetrazole rings is 1. The van der Waals surface area contributed by atoms with E-state index in [-0.39, 0.29) is 0 Å². The molecule has 0 N–H and O–H groups in total. The Morgan fingerprint density at radius 2 is 2.23 bits per heavy atom. The van der Waals surface area contributed by atoms with E-state index >= 15 is 0 Å². The van der Waals surface area contributed by atoms with Crippen molar-refractivity contribution in [2.75, 3.05) is 11.5 Å². The summed E-state index contributed by atoms with van der Waals surface area (Å²) in [5, 5.41) is 12.1. The summed E-state index contributed by atoms with van der Waals surface area (Å²) in [4.78, 5) is 0. The summed E-state index contributed by atoms with van der Waals surface area (Å²) in [5.74, 6) is 2.07. The second-order valence-electron chi connectivity index (χ2n) is 2.72. The van der Waals surface area contributed by atoms with Crippen molar-refractivity contribution >= 4 is 24.4 Å². The molecule has 1 aromatic rings. The van der Waals surface area contributed by atoms with E-state index < -0.39 is 0 Å². The summed E-state index contributed by atoms with van der Waals surface area (Å²) in [6.45, 7) is 0. The second kappa shape index (κ2) is 6.26. The molecule has 0 aromatic carbocycles. The topological polar surface area (TPSA) is 43.6 Å². The summed E-state index contributed by atoms with van der Waals surface area (Å²) < 4.78 is 1.70. The number of thioether (sulfide) groups is 1. The Morgan fingerprint density at radius 1 is 1.38 bits per heavy atom. The molecule has 74 valence electrons. The number of hydrogen-bond acceptors (Lipinski definition) is 5. The standard InChI is InChI=1S/C7H14N4S2/c1-11-7(8-9-10-11)13-6-4-2-3-5-12/h12H,2-6H2,1H3. The monoisotopic (exact) mass is 218 g/mol. The molecular weight excluding hydrogens is 204 g/mol. The largest absolute Gasteiger partial charge is 0.224 e. The highest BCUT2D eigenvalue weighted by Gasteiger charge is 2.01. The van der Waals surface area contributed by atoms with Crippen LogP contribution in [-0.2, 0) is 7.05 Å². The van der Waals surface area contributed by atoms with E-state index in [1.54, 1.807) is 16.4 Å². The van der Waals surface area contributed by atoms with Gasteiger partial charge in [-0.25, -0.2) is 4.68 Å². The molecule has 0 saturated heterocycles. The number of hydrogen-bond donors (Lipinski definition) is 1. The SMILES string of the molecule is Cn1nnnc1SCCCCCS. The molecule has 1 heterocycles. The lowest BCUT2D eigenvalue weighted by atomic mass is 10.3. The molecule has 0 bridgehead atoms. The van der Waals surface area contributed by atoms with Crippen LogP contribution in [0.25, 0.3) is 0 Å². The Morgan fingerprint density at radius 3 is 2.85 bits per heavy atom. The lowest BCUT2D eigenvalue weighted by Crippen LogP contribution is -1.93. The third kappa shape index (κ3) is 3.99. The number of nitrogens with zero attached hydrogens (tertiary/aromatic N) is 4. The molecule has 4 nitrogen and oxygen atoms in total. The van der Waals surface area contributed by atoms with E-state index in [0.29, 0.717) is 0 Å². The highest BCUT2D eigenvalue weighted by Crippen LogP contribution is 2.14. The van der Waals surface area contributed by atoms with Crippen LogP contribution < -0.4 is 0 Å². The van der Waals surface area contributed by atoms with E-state index in [9.17, 15) is 0 Å². The van der Waals surface area contributed by atoms with Gasteiger partial charge in [0, 0.05) is 12.8 Å². The number of thiol groups is 1. The summed E-state index contributed by atoms with van der Waals surface area (Å²) in [6, 6.07) is 0. The van der Waals surface area contributed by atoms with E-state index in [4.69, 9.17) is 0 Å². The van der Waals surface area contributed by atoms with Crippen LogP contribution in [0.4, 0.5) is 0 Å². The third-order valence-electron chi connectivity index (χ3n) is 1.61. The number of unbranched alkanes of at least 4 members (excludes halogenated alkanes) is 2. The van der Waals surface area contributed by atoms with Crippen LogP contribution in [0, 0.1) is 0 Å². The summed E-state index contributed by atoms with van der Waals surface area (Å²) in [6.07, 6.45) is 3.64. The van der Waals surface area contributed by atoms with Crippen molar-refractivity contribution in [3.63, 3.8) is 0 Å². The summed E-state index contributed by atoms with van der Waals surface area (Å²) in [7, 11) is 1.86. The molecule has 0 radical (unpaired) electrons. The Hall–Kier alpha value is -0.230. The molecule has 0 fully saturated rings. The third-order valence-corrected chi connectivity index (χ3v) is 3.03. The maximum atomic E-state index is 4.16. The molecular formula is C7H14N4S2. The van der Waals surface area contributed by atoms with Gasteiger partial charge in [-0.05, 0) is 29.0 Å². The van der Waals surface area contributed by atoms with Crippen molar-refractivity contribution in [2.45, 2.75) is 24.4 Å². The fraction of sp³-hybridized carbons (Fsp3) is 0.857. The molecule has 6 heteroatoms. The van der Waals surface area contributed by atoms with Crippen molar-refractivity contribution in [1.82, 2.24) is 20.2 Å². The maximum Gasteiger partial charge on any atom is 0.209 e. The Bertz CT molecular complexity index is 238. The fourth-order valence-electron chi connectivity index (χ4n) is 0.898. The van der Waals surface area contributed by atoms with Gasteiger partial charge in [0.1, 0.15) is 0 Å². The van der Waals surface area contributed by atoms with E-state index in [1.165, 1.54) is 19.3 Å². The zero-order chi connectivity index (χ0) is 9.52. The first kappa shape index (κ1) is 10.8. The molecule has 0 aliphatic heterocycles. The van der Waals surface area contributed by atoms with Gasteiger partial charge in [-0.2, -0.15) is 12.6 Å². The van der Waals surface area contributed by atoms with E-state index in [0.717, 1.165) is 16.7 Å². The number of rotatable bonds is 6. The minimum Gasteiger partial charge on any atom is -0.224 e. The van der Waals surface area contributed by atoms with Crippen molar-refractivity contribution in [3.05, 3.63) is 0 Å². The minimum atomic E-state index is 0.894. The van der Waals surface area contributed by atoms with Crippen LogP contribution in [0.15, 0.2) is 5.16 Å².